The molecule has 0 saturated carbocycles. The second kappa shape index (κ2) is 10.1. The van der Waals surface area contributed by atoms with Crippen LogP contribution in [0.3, 0.4) is 0 Å². The number of carbonyl (C=O) groups is 1. The van der Waals surface area contributed by atoms with Crippen molar-refractivity contribution < 1.29 is 9.53 Å². The average molecular weight is 370 g/mol. The number of rotatable bonds is 4. The first-order valence-electron chi connectivity index (χ1n) is 7.51. The number of halogens is 2. The zero-order valence-corrected chi connectivity index (χ0v) is 14.7. The zero-order valence-electron chi connectivity index (χ0n) is 13.1. The fraction of sp³-hybridized carbons (Fsp3) is 0.294. The van der Waals surface area contributed by atoms with Crippen molar-refractivity contribution in [2.75, 3.05) is 18.4 Å². The van der Waals surface area contributed by atoms with E-state index in [2.05, 4.69) is 15.6 Å². The van der Waals surface area contributed by atoms with Gasteiger partial charge in [-0.05, 0) is 43.7 Å². The van der Waals surface area contributed by atoms with Crippen LogP contribution in [0.2, 0.25) is 0 Å². The minimum Gasteiger partial charge on any atom is -0.457 e. The molecule has 0 aliphatic carbocycles. The van der Waals surface area contributed by atoms with Gasteiger partial charge in [0.05, 0.1) is 5.92 Å². The highest BCUT2D eigenvalue weighted by Gasteiger charge is 2.20. The number of nitrogens with zero attached hydrogens (tertiary/aromatic N) is 1. The maximum Gasteiger partial charge on any atom is 0.228 e. The van der Waals surface area contributed by atoms with Crippen molar-refractivity contribution in [3.8, 4) is 11.5 Å². The number of amides is 1. The minimum atomic E-state index is 0. The van der Waals surface area contributed by atoms with E-state index in [-0.39, 0.29) is 36.6 Å². The first-order chi connectivity index (χ1) is 10.8. The van der Waals surface area contributed by atoms with Crippen LogP contribution < -0.4 is 15.4 Å². The maximum absolute atomic E-state index is 12.2. The number of nitrogens with one attached hydrogen (secondary N) is 2. The number of anilines is 1. The lowest BCUT2D eigenvalue weighted by Crippen LogP contribution is -2.37. The summed E-state index contributed by atoms with van der Waals surface area (Å²) in [5.41, 5.74) is 0.752. The third kappa shape index (κ3) is 5.67. The third-order valence-corrected chi connectivity index (χ3v) is 3.65. The molecule has 5 nitrogen and oxygen atoms in total. The summed E-state index contributed by atoms with van der Waals surface area (Å²) in [4.78, 5) is 16.2. The Morgan fingerprint density at radius 2 is 1.96 bits per heavy atom. The summed E-state index contributed by atoms with van der Waals surface area (Å²) in [7, 11) is 0. The second-order valence-electron chi connectivity index (χ2n) is 5.35. The molecule has 130 valence electrons. The van der Waals surface area contributed by atoms with Gasteiger partial charge in [-0.2, -0.15) is 0 Å². The summed E-state index contributed by atoms with van der Waals surface area (Å²) in [6, 6.07) is 11.0. The van der Waals surface area contributed by atoms with Gasteiger partial charge in [-0.3, -0.25) is 9.78 Å². The van der Waals surface area contributed by atoms with Gasteiger partial charge in [-0.25, -0.2) is 0 Å². The third-order valence-electron chi connectivity index (χ3n) is 3.65. The van der Waals surface area contributed by atoms with Gasteiger partial charge in [0.25, 0.3) is 0 Å². The van der Waals surface area contributed by atoms with E-state index in [0.29, 0.717) is 5.75 Å². The molecule has 1 aliphatic heterocycles. The Bertz CT molecular complexity index is 635. The van der Waals surface area contributed by atoms with Crippen LogP contribution in [0.4, 0.5) is 5.69 Å². The Morgan fingerprint density at radius 1 is 1.17 bits per heavy atom. The first kappa shape index (κ1) is 20.2. The van der Waals surface area contributed by atoms with E-state index < -0.39 is 0 Å². The second-order valence-corrected chi connectivity index (χ2v) is 5.35. The number of pyridine rings is 1. The van der Waals surface area contributed by atoms with Gasteiger partial charge in [0, 0.05) is 30.7 Å². The molecule has 3 rings (SSSR count). The van der Waals surface area contributed by atoms with E-state index in [0.717, 1.165) is 37.4 Å². The first-order valence-corrected chi connectivity index (χ1v) is 7.51. The molecule has 2 aromatic rings. The van der Waals surface area contributed by atoms with E-state index in [1.54, 1.807) is 24.5 Å². The van der Waals surface area contributed by atoms with E-state index in [1.807, 2.05) is 24.3 Å². The van der Waals surface area contributed by atoms with E-state index in [1.165, 1.54) is 0 Å². The Balaban J connectivity index is 0.00000144. The highest BCUT2D eigenvalue weighted by atomic mass is 35.5. The molecule has 2 N–H and O–H groups in total. The molecule has 24 heavy (non-hydrogen) atoms. The van der Waals surface area contributed by atoms with Gasteiger partial charge in [0.15, 0.2) is 0 Å². The number of piperidine rings is 1. The van der Waals surface area contributed by atoms with Crippen molar-refractivity contribution in [1.82, 2.24) is 10.3 Å². The molecule has 1 atom stereocenters. The lowest BCUT2D eigenvalue weighted by molar-refractivity contribution is -0.120. The molecule has 1 unspecified atom stereocenters. The molecule has 0 bridgehead atoms. The largest absolute Gasteiger partial charge is 0.457 e. The molecule has 2 heterocycles. The molecule has 7 heteroatoms. The summed E-state index contributed by atoms with van der Waals surface area (Å²) in [6.45, 7) is 1.75. The topological polar surface area (TPSA) is 63.2 Å². The molecule has 0 spiro atoms. The van der Waals surface area contributed by atoms with E-state index in [9.17, 15) is 4.79 Å². The normalized spacial score (nSPS) is 16.2. The predicted molar refractivity (Wildman–Crippen MR) is 99.5 cm³/mol. The molecule has 1 aromatic carbocycles. The fourth-order valence-corrected chi connectivity index (χ4v) is 2.50. The number of hydrogen-bond acceptors (Lipinski definition) is 4. The van der Waals surface area contributed by atoms with Crippen molar-refractivity contribution in [3.05, 3.63) is 48.8 Å². The monoisotopic (exact) mass is 369 g/mol. The Hall–Kier alpha value is -1.82. The molecule has 1 aromatic heterocycles. The van der Waals surface area contributed by atoms with Crippen LogP contribution in [0.15, 0.2) is 48.8 Å². The molecule has 1 aliphatic rings. The van der Waals surface area contributed by atoms with Gasteiger partial charge < -0.3 is 15.4 Å². The Labute approximate surface area is 154 Å². The van der Waals surface area contributed by atoms with Crippen LogP contribution in [-0.2, 0) is 4.79 Å². The number of aromatic nitrogens is 1. The standard InChI is InChI=1S/C17H19N3O2.2ClH/c21-17(13-3-2-8-19-12-13)20-14-4-1-5-16(11-14)22-15-6-9-18-10-7-15;;/h1,4-7,9-11,13,19H,2-3,8,12H2,(H,20,21);2*1H. The lowest BCUT2D eigenvalue weighted by Gasteiger charge is -2.22. The summed E-state index contributed by atoms with van der Waals surface area (Å²) in [6.07, 6.45) is 5.34. The van der Waals surface area contributed by atoms with Crippen molar-refractivity contribution >= 4 is 36.4 Å². The Morgan fingerprint density at radius 3 is 2.67 bits per heavy atom. The summed E-state index contributed by atoms with van der Waals surface area (Å²) in [5, 5.41) is 6.22. The van der Waals surface area contributed by atoms with Gasteiger partial charge in [-0.15, -0.1) is 24.8 Å². The van der Waals surface area contributed by atoms with Crippen LogP contribution >= 0.6 is 24.8 Å². The summed E-state index contributed by atoms with van der Waals surface area (Å²) in [5.74, 6) is 1.51. The molecule has 1 amide bonds. The molecule has 0 radical (unpaired) electrons. The lowest BCUT2D eigenvalue weighted by atomic mass is 9.99. The van der Waals surface area contributed by atoms with Gasteiger partial charge in [0.2, 0.25) is 5.91 Å². The molecule has 1 saturated heterocycles. The smallest absolute Gasteiger partial charge is 0.228 e. The van der Waals surface area contributed by atoms with Crippen molar-refractivity contribution in [2.45, 2.75) is 12.8 Å². The minimum absolute atomic E-state index is 0. The average Bonchev–Trinajstić information content (AvgIpc) is 2.57. The Kier molecular flexibility index (Phi) is 8.54. The quantitative estimate of drug-likeness (QED) is 0.862. The van der Waals surface area contributed by atoms with Gasteiger partial charge in [-0.1, -0.05) is 6.07 Å². The fourth-order valence-electron chi connectivity index (χ4n) is 2.50. The van der Waals surface area contributed by atoms with Crippen LogP contribution in [0.1, 0.15) is 12.8 Å². The van der Waals surface area contributed by atoms with E-state index in [4.69, 9.17) is 4.74 Å². The summed E-state index contributed by atoms with van der Waals surface area (Å²) < 4.78 is 5.74. The van der Waals surface area contributed by atoms with Crippen molar-refractivity contribution in [2.24, 2.45) is 5.92 Å². The van der Waals surface area contributed by atoms with Gasteiger partial charge >= 0.3 is 0 Å². The van der Waals surface area contributed by atoms with E-state index >= 15 is 0 Å². The molecule has 1 fully saturated rings. The highest BCUT2D eigenvalue weighted by Crippen LogP contribution is 2.24. The number of carbonyl (C=O) groups excluding carboxylic acids is 1. The van der Waals surface area contributed by atoms with Crippen molar-refractivity contribution in [1.29, 1.82) is 0 Å². The van der Waals surface area contributed by atoms with Crippen LogP contribution in [0.25, 0.3) is 0 Å². The van der Waals surface area contributed by atoms with Crippen molar-refractivity contribution in [3.63, 3.8) is 0 Å². The SMILES string of the molecule is Cl.Cl.O=C(Nc1cccc(Oc2ccncc2)c1)C1CCCNC1. The predicted octanol–water partition coefficient (Wildman–Crippen LogP) is 3.66. The van der Waals surface area contributed by atoms with Crippen LogP contribution in [0.5, 0.6) is 11.5 Å². The molecular formula is C17H21Cl2N3O2. The molecular weight excluding hydrogens is 349 g/mol. The zero-order chi connectivity index (χ0) is 15.2. The number of hydrogen-bond donors (Lipinski definition) is 2. The maximum atomic E-state index is 12.2. The van der Waals surface area contributed by atoms with Gasteiger partial charge in [0.1, 0.15) is 11.5 Å². The van der Waals surface area contributed by atoms with Crippen LogP contribution in [-0.4, -0.2) is 24.0 Å². The van der Waals surface area contributed by atoms with Crippen LogP contribution in [0, 0.1) is 5.92 Å². The summed E-state index contributed by atoms with van der Waals surface area (Å²) >= 11 is 0. The number of ether oxygens (including phenoxy) is 1. The highest BCUT2D eigenvalue weighted by molar-refractivity contribution is 5.92. The number of benzene rings is 1.